The number of aryl methyl sites for hydroxylation is 1. The van der Waals surface area contributed by atoms with Gasteiger partial charge in [0.2, 0.25) is 0 Å². The second kappa shape index (κ2) is 4.37. The smallest absolute Gasteiger partial charge is 0.0429 e. The molecule has 0 fully saturated rings. The van der Waals surface area contributed by atoms with Crippen molar-refractivity contribution in [3.8, 4) is 0 Å². The SMILES string of the molecule is Cc1ccc(CN2CCc3ccc(N)cc32)cc1. The zero-order valence-corrected chi connectivity index (χ0v) is 10.7. The first-order valence-electron chi connectivity index (χ1n) is 6.41. The van der Waals surface area contributed by atoms with Crippen LogP contribution in [0.25, 0.3) is 0 Å². The minimum absolute atomic E-state index is 0.851. The molecule has 2 aromatic carbocycles. The molecule has 1 aliphatic rings. The Balaban J connectivity index is 1.84. The molecule has 2 heteroatoms. The Morgan fingerprint density at radius 1 is 1.11 bits per heavy atom. The standard InChI is InChI=1S/C16H18N2/c1-12-2-4-13(5-3-12)11-18-9-8-14-6-7-15(17)10-16(14)18/h2-7,10H,8-9,11,17H2,1H3. The van der Waals surface area contributed by atoms with E-state index in [4.69, 9.17) is 5.73 Å². The van der Waals surface area contributed by atoms with Crippen molar-refractivity contribution >= 4 is 11.4 Å². The second-order valence-electron chi connectivity index (χ2n) is 5.05. The van der Waals surface area contributed by atoms with Gasteiger partial charge in [0.05, 0.1) is 0 Å². The fourth-order valence-electron chi connectivity index (χ4n) is 2.54. The molecule has 1 heterocycles. The van der Waals surface area contributed by atoms with Crippen LogP contribution in [0.5, 0.6) is 0 Å². The number of nitrogens with zero attached hydrogens (tertiary/aromatic N) is 1. The molecular formula is C16H18N2. The van der Waals surface area contributed by atoms with Gasteiger partial charge in [-0.1, -0.05) is 35.9 Å². The van der Waals surface area contributed by atoms with Crippen LogP contribution in [0.2, 0.25) is 0 Å². The Hall–Kier alpha value is -1.96. The molecule has 0 amide bonds. The maximum atomic E-state index is 5.88. The summed E-state index contributed by atoms with van der Waals surface area (Å²) in [5, 5.41) is 0. The van der Waals surface area contributed by atoms with Crippen LogP contribution in [0.4, 0.5) is 11.4 Å². The molecule has 1 aliphatic heterocycles. The Labute approximate surface area is 108 Å². The van der Waals surface area contributed by atoms with Crippen LogP contribution in [0, 0.1) is 6.92 Å². The van der Waals surface area contributed by atoms with Gasteiger partial charge in [-0.15, -0.1) is 0 Å². The van der Waals surface area contributed by atoms with E-state index in [-0.39, 0.29) is 0 Å². The van der Waals surface area contributed by atoms with E-state index < -0.39 is 0 Å². The lowest BCUT2D eigenvalue weighted by molar-refractivity contribution is 0.836. The van der Waals surface area contributed by atoms with Crippen LogP contribution in [-0.2, 0) is 13.0 Å². The number of fused-ring (bicyclic) bond motifs is 1. The Kier molecular flexibility index (Phi) is 2.71. The van der Waals surface area contributed by atoms with E-state index >= 15 is 0 Å². The summed E-state index contributed by atoms with van der Waals surface area (Å²) in [7, 11) is 0. The predicted molar refractivity (Wildman–Crippen MR) is 76.8 cm³/mol. The third-order valence-corrected chi connectivity index (χ3v) is 3.60. The Morgan fingerprint density at radius 2 is 1.89 bits per heavy atom. The number of nitrogen functional groups attached to an aromatic ring is 1. The lowest BCUT2D eigenvalue weighted by atomic mass is 10.1. The van der Waals surface area contributed by atoms with Gasteiger partial charge < -0.3 is 10.6 Å². The van der Waals surface area contributed by atoms with Crippen molar-refractivity contribution in [2.45, 2.75) is 19.9 Å². The van der Waals surface area contributed by atoms with E-state index in [0.29, 0.717) is 0 Å². The summed E-state index contributed by atoms with van der Waals surface area (Å²) in [6, 6.07) is 15.0. The molecule has 92 valence electrons. The maximum absolute atomic E-state index is 5.88. The highest BCUT2D eigenvalue weighted by molar-refractivity contribution is 5.64. The van der Waals surface area contributed by atoms with Gasteiger partial charge in [0, 0.05) is 24.5 Å². The van der Waals surface area contributed by atoms with Gasteiger partial charge in [0.25, 0.3) is 0 Å². The molecule has 0 bridgehead atoms. The zero-order valence-electron chi connectivity index (χ0n) is 10.7. The molecule has 2 nitrogen and oxygen atoms in total. The molecule has 0 radical (unpaired) electrons. The average Bonchev–Trinajstić information content (AvgIpc) is 2.75. The van der Waals surface area contributed by atoms with Crippen LogP contribution in [-0.4, -0.2) is 6.54 Å². The molecule has 0 spiro atoms. The van der Waals surface area contributed by atoms with Gasteiger partial charge in [-0.05, 0) is 36.6 Å². The van der Waals surface area contributed by atoms with Crippen molar-refractivity contribution < 1.29 is 0 Å². The first-order chi connectivity index (χ1) is 8.72. The zero-order chi connectivity index (χ0) is 12.5. The van der Waals surface area contributed by atoms with Crippen molar-refractivity contribution in [1.82, 2.24) is 0 Å². The average molecular weight is 238 g/mol. The number of hydrogen-bond donors (Lipinski definition) is 1. The number of benzene rings is 2. The molecule has 18 heavy (non-hydrogen) atoms. The largest absolute Gasteiger partial charge is 0.399 e. The summed E-state index contributed by atoms with van der Waals surface area (Å²) in [4.78, 5) is 2.41. The van der Waals surface area contributed by atoms with Crippen LogP contribution in [0.1, 0.15) is 16.7 Å². The number of hydrogen-bond acceptors (Lipinski definition) is 2. The third kappa shape index (κ3) is 2.06. The molecule has 0 saturated heterocycles. The summed E-state index contributed by atoms with van der Waals surface area (Å²) in [5.41, 5.74) is 12.1. The van der Waals surface area contributed by atoms with E-state index in [2.05, 4.69) is 48.2 Å². The lowest BCUT2D eigenvalue weighted by Crippen LogP contribution is -2.19. The number of anilines is 2. The summed E-state index contributed by atoms with van der Waals surface area (Å²) < 4.78 is 0. The predicted octanol–water partition coefficient (Wildman–Crippen LogP) is 3.14. The molecule has 0 aromatic heterocycles. The molecule has 3 rings (SSSR count). The van der Waals surface area contributed by atoms with Crippen molar-refractivity contribution in [3.05, 3.63) is 59.2 Å². The topological polar surface area (TPSA) is 29.3 Å². The third-order valence-electron chi connectivity index (χ3n) is 3.60. The number of rotatable bonds is 2. The van der Waals surface area contributed by atoms with Crippen LogP contribution >= 0.6 is 0 Å². The Morgan fingerprint density at radius 3 is 2.67 bits per heavy atom. The van der Waals surface area contributed by atoms with Gasteiger partial charge in [0.15, 0.2) is 0 Å². The summed E-state index contributed by atoms with van der Waals surface area (Å²) in [6.45, 7) is 4.18. The highest BCUT2D eigenvalue weighted by atomic mass is 15.1. The highest BCUT2D eigenvalue weighted by Crippen LogP contribution is 2.31. The Bertz CT molecular complexity index is 558. The summed E-state index contributed by atoms with van der Waals surface area (Å²) in [6.07, 6.45) is 1.13. The van der Waals surface area contributed by atoms with E-state index in [1.165, 1.54) is 22.4 Å². The normalized spacial score (nSPS) is 13.7. The van der Waals surface area contributed by atoms with Gasteiger partial charge in [0.1, 0.15) is 0 Å². The van der Waals surface area contributed by atoms with E-state index in [0.717, 1.165) is 25.2 Å². The molecule has 0 unspecified atom stereocenters. The van der Waals surface area contributed by atoms with E-state index in [1.807, 2.05) is 6.07 Å². The van der Waals surface area contributed by atoms with Gasteiger partial charge in [-0.25, -0.2) is 0 Å². The lowest BCUT2D eigenvalue weighted by Gasteiger charge is -2.20. The van der Waals surface area contributed by atoms with Gasteiger partial charge in [-0.3, -0.25) is 0 Å². The molecule has 2 N–H and O–H groups in total. The second-order valence-corrected chi connectivity index (χ2v) is 5.05. The van der Waals surface area contributed by atoms with Crippen molar-refractivity contribution in [1.29, 1.82) is 0 Å². The van der Waals surface area contributed by atoms with Gasteiger partial charge >= 0.3 is 0 Å². The minimum Gasteiger partial charge on any atom is -0.399 e. The quantitative estimate of drug-likeness (QED) is 0.814. The summed E-state index contributed by atoms with van der Waals surface area (Å²) >= 11 is 0. The molecule has 0 aliphatic carbocycles. The first kappa shape index (κ1) is 11.1. The van der Waals surface area contributed by atoms with Crippen LogP contribution in [0.3, 0.4) is 0 Å². The van der Waals surface area contributed by atoms with Gasteiger partial charge in [-0.2, -0.15) is 0 Å². The molecule has 2 aromatic rings. The first-order valence-corrected chi connectivity index (χ1v) is 6.41. The fraction of sp³-hybridized carbons (Fsp3) is 0.250. The highest BCUT2D eigenvalue weighted by Gasteiger charge is 2.18. The molecule has 0 atom stereocenters. The molecular weight excluding hydrogens is 220 g/mol. The maximum Gasteiger partial charge on any atom is 0.0429 e. The van der Waals surface area contributed by atoms with E-state index in [9.17, 15) is 0 Å². The number of nitrogens with two attached hydrogens (primary N) is 1. The van der Waals surface area contributed by atoms with Crippen LogP contribution < -0.4 is 10.6 Å². The van der Waals surface area contributed by atoms with E-state index in [1.54, 1.807) is 0 Å². The minimum atomic E-state index is 0.851. The van der Waals surface area contributed by atoms with Crippen molar-refractivity contribution in [2.75, 3.05) is 17.2 Å². The fourth-order valence-corrected chi connectivity index (χ4v) is 2.54. The van der Waals surface area contributed by atoms with Crippen molar-refractivity contribution in [2.24, 2.45) is 0 Å². The summed E-state index contributed by atoms with van der Waals surface area (Å²) in [5.74, 6) is 0. The monoisotopic (exact) mass is 238 g/mol. The van der Waals surface area contributed by atoms with Crippen LogP contribution in [0.15, 0.2) is 42.5 Å². The van der Waals surface area contributed by atoms with Crippen molar-refractivity contribution in [3.63, 3.8) is 0 Å². The molecule has 0 saturated carbocycles.